The van der Waals surface area contributed by atoms with Crippen molar-refractivity contribution in [2.24, 2.45) is 4.99 Å². The third-order valence-corrected chi connectivity index (χ3v) is 7.03. The zero-order valence-electron chi connectivity index (χ0n) is 20.8. The molecule has 1 N–H and O–H groups in total. The molecule has 1 fully saturated rings. The minimum absolute atomic E-state index is 0.0121. The molecule has 0 spiro atoms. The molecule has 0 radical (unpaired) electrons. The maximum Gasteiger partial charge on any atom is 0.337 e. The van der Waals surface area contributed by atoms with Crippen molar-refractivity contribution in [3.8, 4) is 5.75 Å². The quantitative estimate of drug-likeness (QED) is 0.415. The lowest BCUT2D eigenvalue weighted by molar-refractivity contribution is -0.129. The number of thioether (sulfide) groups is 1. The van der Waals surface area contributed by atoms with Crippen LogP contribution in [0.1, 0.15) is 22.3 Å². The van der Waals surface area contributed by atoms with Gasteiger partial charge in [0.2, 0.25) is 11.8 Å². The molecule has 0 bridgehead atoms. The summed E-state index contributed by atoms with van der Waals surface area (Å²) in [4.78, 5) is 44.1. The van der Waals surface area contributed by atoms with Gasteiger partial charge in [-0.2, -0.15) is 0 Å². The number of amidine groups is 1. The first-order valence-electron chi connectivity index (χ1n) is 11.8. The van der Waals surface area contributed by atoms with Crippen molar-refractivity contribution < 1.29 is 28.2 Å². The van der Waals surface area contributed by atoms with Crippen LogP contribution in [0.5, 0.6) is 5.75 Å². The molecule has 2 amide bonds. The number of anilines is 1. The summed E-state index contributed by atoms with van der Waals surface area (Å²) in [6.45, 7) is 0.363. The van der Waals surface area contributed by atoms with E-state index < -0.39 is 17.0 Å². The summed E-state index contributed by atoms with van der Waals surface area (Å²) in [6.07, 6.45) is 0.559. The Balaban J connectivity index is 1.51. The van der Waals surface area contributed by atoms with Crippen LogP contribution in [0, 0.1) is 5.82 Å². The fourth-order valence-electron chi connectivity index (χ4n) is 3.75. The van der Waals surface area contributed by atoms with Crippen molar-refractivity contribution in [3.05, 3.63) is 89.7 Å². The van der Waals surface area contributed by atoms with Gasteiger partial charge in [-0.25, -0.2) is 14.2 Å². The number of nitrogens with one attached hydrogen (secondary N) is 1. The number of ether oxygens (including phenoxy) is 2. The van der Waals surface area contributed by atoms with Gasteiger partial charge in [-0.05, 0) is 72.6 Å². The second-order valence-corrected chi connectivity index (χ2v) is 9.55. The smallest absolute Gasteiger partial charge is 0.337 e. The third kappa shape index (κ3) is 6.77. The molecule has 1 aliphatic rings. The van der Waals surface area contributed by atoms with Crippen LogP contribution in [-0.2, 0) is 20.7 Å². The highest BCUT2D eigenvalue weighted by molar-refractivity contribution is 8.15. The van der Waals surface area contributed by atoms with Gasteiger partial charge in [0.1, 0.15) is 16.8 Å². The molecule has 3 aromatic rings. The van der Waals surface area contributed by atoms with E-state index in [-0.39, 0.29) is 18.2 Å². The Kier molecular flexibility index (Phi) is 8.75. The molecule has 3 aromatic carbocycles. The fraction of sp³-hybridized carbons (Fsp3) is 0.214. The van der Waals surface area contributed by atoms with Gasteiger partial charge in [-0.1, -0.05) is 23.9 Å². The van der Waals surface area contributed by atoms with Crippen LogP contribution < -0.4 is 10.1 Å². The first-order valence-corrected chi connectivity index (χ1v) is 12.7. The summed E-state index contributed by atoms with van der Waals surface area (Å²) in [5.74, 6) is -0.735. The van der Waals surface area contributed by atoms with E-state index in [0.29, 0.717) is 35.1 Å². The molecule has 196 valence electrons. The largest absolute Gasteiger partial charge is 0.497 e. The standard InChI is InChI=1S/C28H26FN3O5S/c1-36-23-13-3-18(4-14-23)15-16-32-25(33)17-24(38-28(32)31-22-11-7-20(29)8-12-22)26(34)30-21-9-5-19(6-10-21)27(35)37-2/h3-14,24H,15-17H2,1-2H3,(H,30,34)/t24-/m0/s1. The molecule has 4 rings (SSSR count). The predicted octanol–water partition coefficient (Wildman–Crippen LogP) is 4.82. The lowest BCUT2D eigenvalue weighted by atomic mass is 10.1. The Morgan fingerprint density at radius 3 is 2.34 bits per heavy atom. The molecule has 0 aliphatic carbocycles. The number of halogens is 1. The number of esters is 1. The summed E-state index contributed by atoms with van der Waals surface area (Å²) < 4.78 is 23.3. The number of carbonyl (C=O) groups excluding carboxylic acids is 3. The summed E-state index contributed by atoms with van der Waals surface area (Å²) in [6, 6.07) is 19.5. The van der Waals surface area contributed by atoms with Crippen LogP contribution >= 0.6 is 11.8 Å². The van der Waals surface area contributed by atoms with Crippen LogP contribution in [0.15, 0.2) is 77.8 Å². The van der Waals surface area contributed by atoms with Crippen molar-refractivity contribution in [2.75, 3.05) is 26.1 Å². The lowest BCUT2D eigenvalue weighted by Crippen LogP contribution is -2.46. The molecule has 1 saturated heterocycles. The molecule has 1 aliphatic heterocycles. The number of aliphatic imine (C=N–C) groups is 1. The van der Waals surface area contributed by atoms with Gasteiger partial charge in [-0.3, -0.25) is 14.5 Å². The van der Waals surface area contributed by atoms with Crippen LogP contribution in [0.3, 0.4) is 0 Å². The predicted molar refractivity (Wildman–Crippen MR) is 144 cm³/mol. The monoisotopic (exact) mass is 535 g/mol. The van der Waals surface area contributed by atoms with E-state index in [0.717, 1.165) is 11.3 Å². The SMILES string of the molecule is COC(=O)c1ccc(NC(=O)[C@@H]2CC(=O)N(CCc3ccc(OC)cc3)C(=Nc3ccc(F)cc3)S2)cc1. The van der Waals surface area contributed by atoms with E-state index in [1.165, 1.54) is 43.1 Å². The number of methoxy groups -OCH3 is 2. The number of benzene rings is 3. The summed E-state index contributed by atoms with van der Waals surface area (Å²) in [5, 5.41) is 2.43. The van der Waals surface area contributed by atoms with Gasteiger partial charge >= 0.3 is 5.97 Å². The minimum Gasteiger partial charge on any atom is -0.497 e. The van der Waals surface area contributed by atoms with Crippen molar-refractivity contribution in [3.63, 3.8) is 0 Å². The molecule has 38 heavy (non-hydrogen) atoms. The van der Waals surface area contributed by atoms with Crippen LogP contribution in [0.4, 0.5) is 15.8 Å². The molecular formula is C28H26FN3O5S. The Labute approximate surface area is 223 Å². The van der Waals surface area contributed by atoms with Gasteiger partial charge in [0.25, 0.3) is 0 Å². The highest BCUT2D eigenvalue weighted by atomic mass is 32.2. The van der Waals surface area contributed by atoms with E-state index in [1.54, 1.807) is 36.3 Å². The lowest BCUT2D eigenvalue weighted by Gasteiger charge is -2.32. The van der Waals surface area contributed by atoms with Crippen LogP contribution in [-0.4, -0.2) is 53.9 Å². The van der Waals surface area contributed by atoms with Crippen molar-refractivity contribution in [1.29, 1.82) is 0 Å². The van der Waals surface area contributed by atoms with Crippen LogP contribution in [0.2, 0.25) is 0 Å². The van der Waals surface area contributed by atoms with Crippen molar-refractivity contribution >= 4 is 46.1 Å². The molecule has 0 saturated carbocycles. The average Bonchev–Trinajstić information content (AvgIpc) is 2.94. The van der Waals surface area contributed by atoms with Crippen LogP contribution in [0.25, 0.3) is 0 Å². The van der Waals surface area contributed by atoms with Gasteiger partial charge in [0.05, 0.1) is 25.5 Å². The zero-order valence-corrected chi connectivity index (χ0v) is 21.7. The van der Waals surface area contributed by atoms with E-state index in [4.69, 9.17) is 4.74 Å². The molecule has 0 aromatic heterocycles. The van der Waals surface area contributed by atoms with E-state index in [1.807, 2.05) is 24.3 Å². The summed E-state index contributed by atoms with van der Waals surface area (Å²) in [5.41, 5.74) is 2.32. The molecule has 0 unspecified atom stereocenters. The Bertz CT molecular complexity index is 1330. The highest BCUT2D eigenvalue weighted by Gasteiger charge is 2.35. The van der Waals surface area contributed by atoms with Gasteiger partial charge in [-0.15, -0.1) is 0 Å². The average molecular weight is 536 g/mol. The van der Waals surface area contributed by atoms with Gasteiger partial charge in [0, 0.05) is 18.7 Å². The molecule has 10 heteroatoms. The maximum atomic E-state index is 13.4. The summed E-state index contributed by atoms with van der Waals surface area (Å²) in [7, 11) is 2.89. The molecular weight excluding hydrogens is 509 g/mol. The Hall–Kier alpha value is -4.18. The fourth-order valence-corrected chi connectivity index (χ4v) is 4.88. The topological polar surface area (TPSA) is 97.3 Å². The number of carbonyl (C=O) groups is 3. The number of amides is 2. The Morgan fingerprint density at radius 2 is 1.71 bits per heavy atom. The van der Waals surface area contributed by atoms with E-state index >= 15 is 0 Å². The normalized spacial score (nSPS) is 16.3. The second kappa shape index (κ2) is 12.4. The first-order chi connectivity index (χ1) is 18.4. The minimum atomic E-state index is -0.723. The van der Waals surface area contributed by atoms with E-state index in [9.17, 15) is 18.8 Å². The van der Waals surface area contributed by atoms with Crippen molar-refractivity contribution in [1.82, 2.24) is 4.90 Å². The van der Waals surface area contributed by atoms with E-state index in [2.05, 4.69) is 15.0 Å². The van der Waals surface area contributed by atoms with Crippen molar-refractivity contribution in [2.45, 2.75) is 18.1 Å². The molecule has 1 atom stereocenters. The highest BCUT2D eigenvalue weighted by Crippen LogP contribution is 2.30. The maximum absolute atomic E-state index is 13.4. The zero-order chi connectivity index (χ0) is 27.1. The molecule has 1 heterocycles. The summed E-state index contributed by atoms with van der Waals surface area (Å²) >= 11 is 1.18. The Morgan fingerprint density at radius 1 is 1.03 bits per heavy atom. The number of nitrogens with zero attached hydrogens (tertiary/aromatic N) is 2. The first kappa shape index (κ1) is 26.9. The third-order valence-electron chi connectivity index (χ3n) is 5.84. The molecule has 8 nitrogen and oxygen atoms in total. The van der Waals surface area contributed by atoms with Gasteiger partial charge < -0.3 is 14.8 Å². The van der Waals surface area contributed by atoms with Gasteiger partial charge in [0.15, 0.2) is 5.17 Å². The number of hydrogen-bond donors (Lipinski definition) is 1. The second-order valence-electron chi connectivity index (χ2n) is 8.38. The number of rotatable bonds is 8. The number of hydrogen-bond acceptors (Lipinski definition) is 7.